The van der Waals surface area contributed by atoms with E-state index in [0.717, 1.165) is 25.9 Å². The van der Waals surface area contributed by atoms with Gasteiger partial charge in [-0.25, -0.2) is 0 Å². The van der Waals surface area contributed by atoms with E-state index in [2.05, 4.69) is 69.0 Å². The third-order valence-corrected chi connectivity index (χ3v) is 5.52. The lowest BCUT2D eigenvalue weighted by Gasteiger charge is -2.38. The number of nitrogens with zero attached hydrogens (tertiary/aromatic N) is 1. The molecule has 138 valence electrons. The van der Waals surface area contributed by atoms with Crippen molar-refractivity contribution in [3.63, 3.8) is 0 Å². The summed E-state index contributed by atoms with van der Waals surface area (Å²) >= 11 is 0. The zero-order chi connectivity index (χ0) is 18.8. The van der Waals surface area contributed by atoms with Gasteiger partial charge in [0.15, 0.2) is 0 Å². The molecule has 0 radical (unpaired) electrons. The summed E-state index contributed by atoms with van der Waals surface area (Å²) < 4.78 is 0. The number of piperidine rings is 1. The molecule has 1 atom stereocenters. The lowest BCUT2D eigenvalue weighted by atomic mass is 9.88. The van der Waals surface area contributed by atoms with Gasteiger partial charge >= 0.3 is 5.97 Å². The highest BCUT2D eigenvalue weighted by Gasteiger charge is 2.31. The van der Waals surface area contributed by atoms with E-state index in [1.165, 1.54) is 33.4 Å². The Morgan fingerprint density at radius 2 is 1.58 bits per heavy atom. The molecule has 3 rings (SSSR count). The van der Waals surface area contributed by atoms with Gasteiger partial charge in [0.2, 0.25) is 0 Å². The molecule has 0 amide bonds. The minimum atomic E-state index is -0.654. The van der Waals surface area contributed by atoms with Crippen LogP contribution in [0.25, 0.3) is 0 Å². The summed E-state index contributed by atoms with van der Waals surface area (Å²) in [5.74, 6) is -0.857. The molecule has 0 aromatic heterocycles. The first-order valence-electron chi connectivity index (χ1n) is 9.47. The Morgan fingerprint density at radius 1 is 0.962 bits per heavy atom. The molecular weight excluding hydrogens is 322 g/mol. The SMILES string of the molecule is Cc1cc(C)cc(C(c2ccc(C)cc2C)N2CCC(C(=O)O)CC2)c1. The van der Waals surface area contributed by atoms with E-state index < -0.39 is 5.97 Å². The predicted molar refractivity (Wildman–Crippen MR) is 106 cm³/mol. The van der Waals surface area contributed by atoms with Gasteiger partial charge in [-0.1, -0.05) is 53.1 Å². The van der Waals surface area contributed by atoms with Crippen molar-refractivity contribution in [1.29, 1.82) is 0 Å². The van der Waals surface area contributed by atoms with Crippen LogP contribution in [0.3, 0.4) is 0 Å². The van der Waals surface area contributed by atoms with Crippen molar-refractivity contribution < 1.29 is 9.90 Å². The maximum absolute atomic E-state index is 11.3. The molecule has 1 heterocycles. The van der Waals surface area contributed by atoms with Gasteiger partial charge in [0.1, 0.15) is 0 Å². The van der Waals surface area contributed by atoms with Crippen LogP contribution in [-0.4, -0.2) is 29.1 Å². The monoisotopic (exact) mass is 351 g/mol. The highest BCUT2D eigenvalue weighted by atomic mass is 16.4. The summed E-state index contributed by atoms with van der Waals surface area (Å²) in [4.78, 5) is 13.8. The van der Waals surface area contributed by atoms with E-state index in [1.807, 2.05) is 0 Å². The lowest BCUT2D eigenvalue weighted by Crippen LogP contribution is -2.39. The van der Waals surface area contributed by atoms with Crippen molar-refractivity contribution in [2.45, 2.75) is 46.6 Å². The van der Waals surface area contributed by atoms with E-state index in [1.54, 1.807) is 0 Å². The number of aryl methyl sites for hydroxylation is 4. The standard InChI is InChI=1S/C23H29NO2/c1-15-5-6-21(18(4)12-15)22(20-13-16(2)11-17(3)14-20)24-9-7-19(8-10-24)23(25)26/h5-6,11-14,19,22H,7-10H2,1-4H3,(H,25,26). The van der Waals surface area contributed by atoms with Crippen molar-refractivity contribution in [3.05, 3.63) is 69.8 Å². The highest BCUT2D eigenvalue weighted by Crippen LogP contribution is 2.35. The first-order chi connectivity index (χ1) is 12.3. The van der Waals surface area contributed by atoms with E-state index in [9.17, 15) is 9.90 Å². The number of hydrogen-bond acceptors (Lipinski definition) is 2. The van der Waals surface area contributed by atoms with Crippen molar-refractivity contribution in [3.8, 4) is 0 Å². The number of hydrogen-bond donors (Lipinski definition) is 1. The minimum absolute atomic E-state index is 0.184. The molecule has 1 fully saturated rings. The number of aliphatic carboxylic acids is 1. The van der Waals surface area contributed by atoms with Gasteiger partial charge in [0.25, 0.3) is 0 Å². The lowest BCUT2D eigenvalue weighted by molar-refractivity contribution is -0.143. The summed E-state index contributed by atoms with van der Waals surface area (Å²) in [6, 6.07) is 13.6. The van der Waals surface area contributed by atoms with Crippen LogP contribution < -0.4 is 0 Å². The van der Waals surface area contributed by atoms with Crippen molar-refractivity contribution in [1.82, 2.24) is 4.90 Å². The number of rotatable bonds is 4. The highest BCUT2D eigenvalue weighted by molar-refractivity contribution is 5.70. The Labute approximate surface area is 156 Å². The van der Waals surface area contributed by atoms with Gasteiger partial charge in [-0.3, -0.25) is 9.69 Å². The zero-order valence-electron chi connectivity index (χ0n) is 16.2. The molecule has 3 heteroatoms. The third kappa shape index (κ3) is 3.99. The summed E-state index contributed by atoms with van der Waals surface area (Å²) in [7, 11) is 0. The average Bonchev–Trinajstić information content (AvgIpc) is 2.57. The molecule has 0 spiro atoms. The summed E-state index contributed by atoms with van der Waals surface area (Å²) in [6.45, 7) is 10.2. The van der Waals surface area contributed by atoms with Gasteiger partial charge in [-0.2, -0.15) is 0 Å². The molecule has 2 aromatic rings. The number of benzene rings is 2. The molecule has 1 saturated heterocycles. The Morgan fingerprint density at radius 3 is 2.12 bits per heavy atom. The molecule has 0 aliphatic carbocycles. The fourth-order valence-corrected chi connectivity index (χ4v) is 4.29. The Bertz CT molecular complexity index is 784. The molecule has 1 aliphatic rings. The predicted octanol–water partition coefficient (Wildman–Crippen LogP) is 4.81. The van der Waals surface area contributed by atoms with Crippen LogP contribution in [0.2, 0.25) is 0 Å². The topological polar surface area (TPSA) is 40.5 Å². The van der Waals surface area contributed by atoms with Crippen LogP contribution in [0.4, 0.5) is 0 Å². The maximum atomic E-state index is 11.3. The number of carbonyl (C=O) groups is 1. The second-order valence-electron chi connectivity index (χ2n) is 7.83. The van der Waals surface area contributed by atoms with Crippen molar-refractivity contribution in [2.75, 3.05) is 13.1 Å². The molecule has 2 aromatic carbocycles. The van der Waals surface area contributed by atoms with E-state index in [4.69, 9.17) is 0 Å². The number of likely N-dealkylation sites (tertiary alicyclic amines) is 1. The minimum Gasteiger partial charge on any atom is -0.481 e. The molecule has 1 aliphatic heterocycles. The van der Waals surface area contributed by atoms with E-state index >= 15 is 0 Å². The fourth-order valence-electron chi connectivity index (χ4n) is 4.29. The van der Waals surface area contributed by atoms with Crippen LogP contribution in [0.1, 0.15) is 52.3 Å². The van der Waals surface area contributed by atoms with E-state index in [-0.39, 0.29) is 12.0 Å². The van der Waals surface area contributed by atoms with Crippen LogP contribution >= 0.6 is 0 Å². The first-order valence-corrected chi connectivity index (χ1v) is 9.47. The summed E-state index contributed by atoms with van der Waals surface area (Å²) in [6.07, 6.45) is 1.45. The Hall–Kier alpha value is -2.13. The number of carboxylic acid groups (broad SMARTS) is 1. The molecule has 3 nitrogen and oxygen atoms in total. The van der Waals surface area contributed by atoms with Crippen LogP contribution in [0, 0.1) is 33.6 Å². The largest absolute Gasteiger partial charge is 0.481 e. The quantitative estimate of drug-likeness (QED) is 0.859. The molecular formula is C23H29NO2. The van der Waals surface area contributed by atoms with Gasteiger partial charge in [0.05, 0.1) is 12.0 Å². The average molecular weight is 351 g/mol. The Balaban J connectivity index is 2.01. The van der Waals surface area contributed by atoms with E-state index in [0.29, 0.717) is 0 Å². The van der Waals surface area contributed by atoms with Gasteiger partial charge < -0.3 is 5.11 Å². The molecule has 1 unspecified atom stereocenters. The normalized spacial score (nSPS) is 17.2. The molecule has 0 saturated carbocycles. The zero-order valence-corrected chi connectivity index (χ0v) is 16.2. The fraction of sp³-hybridized carbons (Fsp3) is 0.435. The summed E-state index contributed by atoms with van der Waals surface area (Å²) in [5.41, 5.74) is 7.76. The summed E-state index contributed by atoms with van der Waals surface area (Å²) in [5, 5.41) is 9.33. The molecule has 1 N–H and O–H groups in total. The van der Waals surface area contributed by atoms with Crippen LogP contribution in [0.15, 0.2) is 36.4 Å². The second kappa shape index (κ2) is 7.63. The van der Waals surface area contributed by atoms with Gasteiger partial charge in [-0.15, -0.1) is 0 Å². The molecule has 26 heavy (non-hydrogen) atoms. The Kier molecular flexibility index (Phi) is 5.47. The van der Waals surface area contributed by atoms with Gasteiger partial charge in [-0.05, 0) is 70.3 Å². The first kappa shape index (κ1) is 18.7. The number of carboxylic acids is 1. The second-order valence-corrected chi connectivity index (χ2v) is 7.83. The molecule has 0 bridgehead atoms. The smallest absolute Gasteiger partial charge is 0.306 e. The van der Waals surface area contributed by atoms with Crippen LogP contribution in [-0.2, 0) is 4.79 Å². The van der Waals surface area contributed by atoms with Crippen molar-refractivity contribution in [2.24, 2.45) is 5.92 Å². The van der Waals surface area contributed by atoms with Crippen LogP contribution in [0.5, 0.6) is 0 Å². The van der Waals surface area contributed by atoms with Gasteiger partial charge in [0, 0.05) is 0 Å². The third-order valence-electron chi connectivity index (χ3n) is 5.52. The van der Waals surface area contributed by atoms with Crippen molar-refractivity contribution >= 4 is 5.97 Å². The maximum Gasteiger partial charge on any atom is 0.306 e.